The molecule has 150 valence electrons. The van der Waals surface area contributed by atoms with E-state index in [1.165, 1.54) is 18.2 Å². The molecule has 2 aromatic rings. The summed E-state index contributed by atoms with van der Waals surface area (Å²) in [5, 5.41) is 11.0. The number of halogens is 2. The fraction of sp³-hybridized carbons (Fsp3) is 0.478. The van der Waals surface area contributed by atoms with Crippen LogP contribution in [0.3, 0.4) is 0 Å². The molecule has 0 bridgehead atoms. The molecule has 1 aliphatic heterocycles. The molecular weight excluding hydrogens is 358 g/mol. The van der Waals surface area contributed by atoms with E-state index in [1.807, 2.05) is 12.1 Å². The van der Waals surface area contributed by atoms with Crippen molar-refractivity contribution in [2.75, 3.05) is 26.2 Å². The number of rotatable bonds is 4. The average Bonchev–Trinajstić information content (AvgIpc) is 2.71. The second-order valence-electron chi connectivity index (χ2n) is 8.17. The summed E-state index contributed by atoms with van der Waals surface area (Å²) in [6.45, 7) is 4.50. The minimum absolute atomic E-state index is 0.128. The highest BCUT2D eigenvalue weighted by Crippen LogP contribution is 2.38. The van der Waals surface area contributed by atoms with E-state index in [2.05, 4.69) is 9.80 Å². The summed E-state index contributed by atoms with van der Waals surface area (Å²) in [5.74, 6) is -0.397. The quantitative estimate of drug-likeness (QED) is 0.863. The minimum atomic E-state index is -0.836. The molecule has 0 unspecified atom stereocenters. The molecule has 1 saturated heterocycles. The number of benzene rings is 2. The molecule has 0 spiro atoms. The number of hydrogen-bond acceptors (Lipinski definition) is 3. The Bertz CT molecular complexity index is 779. The van der Waals surface area contributed by atoms with E-state index in [9.17, 15) is 13.9 Å². The summed E-state index contributed by atoms with van der Waals surface area (Å²) in [6, 6.07) is 13.7. The molecule has 0 amide bonds. The third-order valence-corrected chi connectivity index (χ3v) is 6.44. The zero-order chi connectivity index (χ0) is 19.6. The van der Waals surface area contributed by atoms with E-state index >= 15 is 0 Å². The van der Waals surface area contributed by atoms with Gasteiger partial charge in [0, 0.05) is 44.3 Å². The van der Waals surface area contributed by atoms with Gasteiger partial charge in [-0.3, -0.25) is 9.80 Å². The van der Waals surface area contributed by atoms with Crippen LogP contribution in [0, 0.1) is 11.6 Å². The van der Waals surface area contributed by atoms with E-state index in [0.29, 0.717) is 25.4 Å². The van der Waals surface area contributed by atoms with Crippen molar-refractivity contribution in [1.82, 2.24) is 9.80 Å². The van der Waals surface area contributed by atoms with Gasteiger partial charge in [0.05, 0.1) is 5.60 Å². The van der Waals surface area contributed by atoms with Crippen molar-refractivity contribution in [1.29, 1.82) is 0 Å². The van der Waals surface area contributed by atoms with Crippen LogP contribution in [-0.2, 0) is 12.1 Å². The summed E-state index contributed by atoms with van der Waals surface area (Å²) < 4.78 is 27.0. The lowest BCUT2D eigenvalue weighted by Crippen LogP contribution is -2.51. The van der Waals surface area contributed by atoms with Crippen LogP contribution in [0.1, 0.15) is 36.8 Å². The molecule has 1 N–H and O–H groups in total. The Kier molecular flexibility index (Phi) is 5.76. The molecule has 0 aromatic heterocycles. The monoisotopic (exact) mass is 386 g/mol. The number of aliphatic hydroxyl groups is 1. The van der Waals surface area contributed by atoms with Gasteiger partial charge in [0.1, 0.15) is 11.6 Å². The molecule has 0 radical (unpaired) electrons. The summed E-state index contributed by atoms with van der Waals surface area (Å²) in [7, 11) is 0. The second kappa shape index (κ2) is 8.27. The van der Waals surface area contributed by atoms with E-state index in [1.54, 1.807) is 18.2 Å². The van der Waals surface area contributed by atoms with Crippen LogP contribution in [0.25, 0.3) is 0 Å². The van der Waals surface area contributed by atoms with Crippen molar-refractivity contribution < 1.29 is 13.9 Å². The third kappa shape index (κ3) is 4.27. The first kappa shape index (κ1) is 19.5. The maximum Gasteiger partial charge on any atom is 0.127 e. The molecule has 3 nitrogen and oxygen atoms in total. The van der Waals surface area contributed by atoms with Gasteiger partial charge in [0.25, 0.3) is 0 Å². The van der Waals surface area contributed by atoms with Gasteiger partial charge in [-0.15, -0.1) is 0 Å². The van der Waals surface area contributed by atoms with Crippen LogP contribution in [0.15, 0.2) is 48.5 Å². The first-order chi connectivity index (χ1) is 13.5. The Balaban J connectivity index is 1.28. The summed E-state index contributed by atoms with van der Waals surface area (Å²) in [6.07, 6.45) is 3.31. The van der Waals surface area contributed by atoms with Gasteiger partial charge in [-0.05, 0) is 49.4 Å². The van der Waals surface area contributed by atoms with Crippen molar-refractivity contribution in [2.45, 2.75) is 43.9 Å². The molecule has 4 rings (SSSR count). The van der Waals surface area contributed by atoms with Gasteiger partial charge >= 0.3 is 0 Å². The van der Waals surface area contributed by atoms with Gasteiger partial charge in [-0.1, -0.05) is 30.3 Å². The molecule has 2 aromatic carbocycles. The Morgan fingerprint density at radius 2 is 1.54 bits per heavy atom. The first-order valence-electron chi connectivity index (χ1n) is 10.2. The standard InChI is InChI=1S/C23H28F2N2O/c24-20-7-5-19(6-8-20)23(28)11-9-21(10-12-23)27-15-13-26(14-16-27)17-18-3-1-2-4-22(18)25/h1-8,21,28H,9-17H2. The molecule has 1 aliphatic carbocycles. The van der Waals surface area contributed by atoms with Crippen LogP contribution in [0.5, 0.6) is 0 Å². The lowest BCUT2D eigenvalue weighted by atomic mass is 9.77. The second-order valence-corrected chi connectivity index (χ2v) is 8.17. The van der Waals surface area contributed by atoms with Gasteiger partial charge in [-0.2, -0.15) is 0 Å². The van der Waals surface area contributed by atoms with Crippen LogP contribution in [-0.4, -0.2) is 47.1 Å². The molecule has 2 fully saturated rings. The van der Waals surface area contributed by atoms with Crippen LogP contribution in [0.2, 0.25) is 0 Å². The lowest BCUT2D eigenvalue weighted by molar-refractivity contribution is -0.0321. The summed E-state index contributed by atoms with van der Waals surface area (Å²) >= 11 is 0. The maximum absolute atomic E-state index is 13.9. The van der Waals surface area contributed by atoms with Gasteiger partial charge in [0.2, 0.25) is 0 Å². The zero-order valence-corrected chi connectivity index (χ0v) is 16.2. The third-order valence-electron chi connectivity index (χ3n) is 6.44. The molecular formula is C23H28F2N2O. The summed E-state index contributed by atoms with van der Waals surface area (Å²) in [5.41, 5.74) is 0.747. The molecule has 1 heterocycles. The Hall–Kier alpha value is -1.82. The lowest BCUT2D eigenvalue weighted by Gasteiger charge is -2.44. The van der Waals surface area contributed by atoms with Gasteiger partial charge < -0.3 is 5.11 Å². The van der Waals surface area contributed by atoms with E-state index in [4.69, 9.17) is 0 Å². The molecule has 2 aliphatic rings. The van der Waals surface area contributed by atoms with Crippen molar-refractivity contribution in [2.24, 2.45) is 0 Å². The minimum Gasteiger partial charge on any atom is -0.385 e. The molecule has 5 heteroatoms. The smallest absolute Gasteiger partial charge is 0.127 e. The first-order valence-corrected chi connectivity index (χ1v) is 10.2. The molecule has 0 atom stereocenters. The Labute approximate surface area is 165 Å². The van der Waals surface area contributed by atoms with E-state index in [0.717, 1.165) is 50.1 Å². The number of piperazine rings is 1. The molecule has 1 saturated carbocycles. The normalized spacial score (nSPS) is 27.0. The Morgan fingerprint density at radius 3 is 2.18 bits per heavy atom. The predicted molar refractivity (Wildman–Crippen MR) is 106 cm³/mol. The van der Waals surface area contributed by atoms with Crippen molar-refractivity contribution >= 4 is 0 Å². The highest BCUT2D eigenvalue weighted by atomic mass is 19.1. The van der Waals surface area contributed by atoms with E-state index in [-0.39, 0.29) is 11.6 Å². The van der Waals surface area contributed by atoms with Gasteiger partial charge in [-0.25, -0.2) is 8.78 Å². The van der Waals surface area contributed by atoms with E-state index < -0.39 is 5.60 Å². The summed E-state index contributed by atoms with van der Waals surface area (Å²) in [4.78, 5) is 4.83. The van der Waals surface area contributed by atoms with Crippen molar-refractivity contribution in [3.63, 3.8) is 0 Å². The Morgan fingerprint density at radius 1 is 0.893 bits per heavy atom. The topological polar surface area (TPSA) is 26.7 Å². The fourth-order valence-corrected chi connectivity index (χ4v) is 4.65. The molecule has 28 heavy (non-hydrogen) atoms. The number of nitrogens with zero attached hydrogens (tertiary/aromatic N) is 2. The largest absolute Gasteiger partial charge is 0.385 e. The predicted octanol–water partition coefficient (Wildman–Crippen LogP) is 3.91. The number of hydrogen-bond donors (Lipinski definition) is 1. The highest BCUT2D eigenvalue weighted by Gasteiger charge is 2.37. The van der Waals surface area contributed by atoms with Crippen molar-refractivity contribution in [3.8, 4) is 0 Å². The van der Waals surface area contributed by atoms with Crippen molar-refractivity contribution in [3.05, 3.63) is 71.3 Å². The fourth-order valence-electron chi connectivity index (χ4n) is 4.65. The van der Waals surface area contributed by atoms with Crippen LogP contribution >= 0.6 is 0 Å². The zero-order valence-electron chi connectivity index (χ0n) is 16.2. The maximum atomic E-state index is 13.9. The van der Waals surface area contributed by atoms with Gasteiger partial charge in [0.15, 0.2) is 0 Å². The SMILES string of the molecule is OC1(c2ccc(F)cc2)CCC(N2CCN(Cc3ccccc3F)CC2)CC1. The van der Waals surface area contributed by atoms with Crippen LogP contribution in [0.4, 0.5) is 8.78 Å². The highest BCUT2D eigenvalue weighted by molar-refractivity contribution is 5.24. The average molecular weight is 386 g/mol. The van der Waals surface area contributed by atoms with Crippen LogP contribution < -0.4 is 0 Å².